The quantitative estimate of drug-likeness (QED) is 0.773. The zero-order valence-corrected chi connectivity index (χ0v) is 10.7. The van der Waals surface area contributed by atoms with Crippen LogP contribution in [-0.2, 0) is 11.3 Å². The van der Waals surface area contributed by atoms with E-state index in [1.54, 1.807) is 6.39 Å². The molecule has 2 heterocycles. The Labute approximate surface area is 103 Å². The second-order valence-electron chi connectivity index (χ2n) is 4.55. The van der Waals surface area contributed by atoms with Gasteiger partial charge in [0.2, 0.25) is 0 Å². The third kappa shape index (κ3) is 2.87. The molecule has 96 valence electrons. The Morgan fingerprint density at radius 3 is 3.12 bits per heavy atom. The van der Waals surface area contributed by atoms with E-state index in [9.17, 15) is 0 Å². The summed E-state index contributed by atoms with van der Waals surface area (Å²) in [5.74, 6) is 1.42. The van der Waals surface area contributed by atoms with E-state index in [1.807, 2.05) is 0 Å². The summed E-state index contributed by atoms with van der Waals surface area (Å²) in [4.78, 5) is 4.32. The van der Waals surface area contributed by atoms with Gasteiger partial charge in [-0.2, -0.15) is 0 Å². The highest BCUT2D eigenvalue weighted by Crippen LogP contribution is 2.34. The molecule has 1 fully saturated rings. The van der Waals surface area contributed by atoms with Crippen LogP contribution in [0.15, 0.2) is 10.8 Å². The molecule has 2 atom stereocenters. The number of hydrogen-bond donors (Lipinski definition) is 1. The second-order valence-corrected chi connectivity index (χ2v) is 4.55. The van der Waals surface area contributed by atoms with Gasteiger partial charge in [0.05, 0.1) is 11.8 Å². The SMILES string of the molecule is CCCNCc1ncoc1C1CCOC1CC. The van der Waals surface area contributed by atoms with Gasteiger partial charge < -0.3 is 14.5 Å². The van der Waals surface area contributed by atoms with E-state index in [-0.39, 0.29) is 0 Å². The van der Waals surface area contributed by atoms with Crippen molar-refractivity contribution in [2.45, 2.75) is 51.7 Å². The molecule has 4 nitrogen and oxygen atoms in total. The van der Waals surface area contributed by atoms with Crippen LogP contribution < -0.4 is 5.32 Å². The zero-order chi connectivity index (χ0) is 12.1. The average Bonchev–Trinajstić information content (AvgIpc) is 2.96. The van der Waals surface area contributed by atoms with Crippen molar-refractivity contribution < 1.29 is 9.15 Å². The van der Waals surface area contributed by atoms with Crippen molar-refractivity contribution in [3.63, 3.8) is 0 Å². The number of rotatable bonds is 6. The first-order valence-electron chi connectivity index (χ1n) is 6.61. The van der Waals surface area contributed by atoms with Crippen LogP contribution in [0.4, 0.5) is 0 Å². The number of hydrogen-bond acceptors (Lipinski definition) is 4. The Bertz CT molecular complexity index is 338. The molecule has 0 saturated carbocycles. The summed E-state index contributed by atoms with van der Waals surface area (Å²) in [6, 6.07) is 0. The third-order valence-electron chi connectivity index (χ3n) is 3.34. The molecule has 0 radical (unpaired) electrons. The Balaban J connectivity index is 2.02. The first kappa shape index (κ1) is 12.6. The molecule has 1 aromatic heterocycles. The number of nitrogens with one attached hydrogen (secondary N) is 1. The smallest absolute Gasteiger partial charge is 0.181 e. The van der Waals surface area contributed by atoms with Crippen LogP contribution >= 0.6 is 0 Å². The van der Waals surface area contributed by atoms with E-state index >= 15 is 0 Å². The van der Waals surface area contributed by atoms with E-state index in [0.717, 1.165) is 50.4 Å². The van der Waals surface area contributed by atoms with Gasteiger partial charge in [0.1, 0.15) is 5.76 Å². The lowest BCUT2D eigenvalue weighted by atomic mass is 9.95. The molecule has 2 rings (SSSR count). The van der Waals surface area contributed by atoms with Gasteiger partial charge in [-0.05, 0) is 25.8 Å². The number of oxazole rings is 1. The fourth-order valence-electron chi connectivity index (χ4n) is 2.45. The maximum Gasteiger partial charge on any atom is 0.181 e. The van der Waals surface area contributed by atoms with Gasteiger partial charge in [-0.25, -0.2) is 4.98 Å². The molecule has 1 N–H and O–H groups in total. The Morgan fingerprint density at radius 2 is 2.35 bits per heavy atom. The van der Waals surface area contributed by atoms with Gasteiger partial charge in [-0.1, -0.05) is 13.8 Å². The summed E-state index contributed by atoms with van der Waals surface area (Å²) in [6.07, 6.45) is 5.08. The van der Waals surface area contributed by atoms with Gasteiger partial charge >= 0.3 is 0 Å². The van der Waals surface area contributed by atoms with E-state index in [4.69, 9.17) is 9.15 Å². The van der Waals surface area contributed by atoms with Crippen molar-refractivity contribution in [1.29, 1.82) is 0 Å². The first-order chi connectivity index (χ1) is 8.36. The molecule has 4 heteroatoms. The van der Waals surface area contributed by atoms with Crippen LogP contribution in [0.2, 0.25) is 0 Å². The number of nitrogens with zero attached hydrogens (tertiary/aromatic N) is 1. The molecule has 0 bridgehead atoms. The average molecular weight is 238 g/mol. The fraction of sp³-hybridized carbons (Fsp3) is 0.769. The van der Waals surface area contributed by atoms with E-state index in [0.29, 0.717) is 12.0 Å². The summed E-state index contributed by atoms with van der Waals surface area (Å²) in [7, 11) is 0. The third-order valence-corrected chi connectivity index (χ3v) is 3.34. The van der Waals surface area contributed by atoms with Crippen molar-refractivity contribution in [2.24, 2.45) is 0 Å². The second kappa shape index (κ2) is 6.17. The lowest BCUT2D eigenvalue weighted by Gasteiger charge is -2.15. The normalized spacial score (nSPS) is 24.4. The van der Waals surface area contributed by atoms with Crippen LogP contribution in [0, 0.1) is 0 Å². The lowest BCUT2D eigenvalue weighted by Crippen LogP contribution is -2.18. The molecule has 0 amide bonds. The topological polar surface area (TPSA) is 47.3 Å². The molecule has 0 aromatic carbocycles. The van der Waals surface area contributed by atoms with Gasteiger partial charge in [0.15, 0.2) is 6.39 Å². The maximum atomic E-state index is 5.71. The van der Waals surface area contributed by atoms with Crippen molar-refractivity contribution >= 4 is 0 Å². The molecular formula is C13H22N2O2. The van der Waals surface area contributed by atoms with Gasteiger partial charge in [-0.15, -0.1) is 0 Å². The molecule has 1 aromatic rings. The van der Waals surface area contributed by atoms with Gasteiger partial charge in [-0.3, -0.25) is 0 Å². The molecule has 17 heavy (non-hydrogen) atoms. The highest BCUT2D eigenvalue weighted by Gasteiger charge is 2.32. The van der Waals surface area contributed by atoms with Crippen molar-refractivity contribution in [3.05, 3.63) is 17.8 Å². The monoisotopic (exact) mass is 238 g/mol. The molecule has 0 aliphatic carbocycles. The lowest BCUT2D eigenvalue weighted by molar-refractivity contribution is 0.0971. The predicted octanol–water partition coefficient (Wildman–Crippen LogP) is 2.46. The molecule has 1 aliphatic heterocycles. The summed E-state index contributed by atoms with van der Waals surface area (Å²) in [6.45, 7) is 6.98. The molecule has 2 unspecified atom stereocenters. The van der Waals surface area contributed by atoms with E-state index < -0.39 is 0 Å². The number of aromatic nitrogens is 1. The highest BCUT2D eigenvalue weighted by molar-refractivity contribution is 5.15. The summed E-state index contributed by atoms with van der Waals surface area (Å²) in [5, 5.41) is 3.37. The minimum Gasteiger partial charge on any atom is -0.448 e. The molecule has 1 saturated heterocycles. The largest absolute Gasteiger partial charge is 0.448 e. The predicted molar refractivity (Wildman–Crippen MR) is 65.9 cm³/mol. The Kier molecular flexibility index (Phi) is 4.57. The van der Waals surface area contributed by atoms with Crippen molar-refractivity contribution in [3.8, 4) is 0 Å². The van der Waals surface area contributed by atoms with Crippen LogP contribution in [0.5, 0.6) is 0 Å². The maximum absolute atomic E-state index is 5.71. The van der Waals surface area contributed by atoms with Crippen LogP contribution in [-0.4, -0.2) is 24.2 Å². The molecule has 0 spiro atoms. The minimum atomic E-state index is 0.299. The highest BCUT2D eigenvalue weighted by atomic mass is 16.5. The van der Waals surface area contributed by atoms with Crippen LogP contribution in [0.25, 0.3) is 0 Å². The minimum absolute atomic E-state index is 0.299. The first-order valence-corrected chi connectivity index (χ1v) is 6.61. The number of ether oxygens (including phenoxy) is 1. The Morgan fingerprint density at radius 1 is 1.47 bits per heavy atom. The summed E-state index contributed by atoms with van der Waals surface area (Å²) in [5.41, 5.74) is 1.05. The van der Waals surface area contributed by atoms with Crippen molar-refractivity contribution in [1.82, 2.24) is 10.3 Å². The molecular weight excluding hydrogens is 216 g/mol. The van der Waals surface area contributed by atoms with E-state index in [2.05, 4.69) is 24.1 Å². The fourth-order valence-corrected chi connectivity index (χ4v) is 2.45. The summed E-state index contributed by atoms with van der Waals surface area (Å²) >= 11 is 0. The zero-order valence-electron chi connectivity index (χ0n) is 10.7. The Hall–Kier alpha value is -0.870. The molecule has 1 aliphatic rings. The van der Waals surface area contributed by atoms with Crippen molar-refractivity contribution in [2.75, 3.05) is 13.2 Å². The van der Waals surface area contributed by atoms with Gasteiger partial charge in [0.25, 0.3) is 0 Å². The summed E-state index contributed by atoms with van der Waals surface area (Å²) < 4.78 is 11.3. The van der Waals surface area contributed by atoms with Gasteiger partial charge in [0, 0.05) is 19.1 Å². The standard InChI is InChI=1S/C13H22N2O2/c1-3-6-14-8-11-13(17-9-15-11)10-5-7-16-12(10)4-2/h9-10,12,14H,3-8H2,1-2H3. The van der Waals surface area contributed by atoms with E-state index in [1.165, 1.54) is 0 Å². The van der Waals surface area contributed by atoms with Crippen LogP contribution in [0.3, 0.4) is 0 Å². The van der Waals surface area contributed by atoms with Crippen LogP contribution in [0.1, 0.15) is 50.5 Å².